The maximum absolute atomic E-state index is 5.51. The van der Waals surface area contributed by atoms with Crippen LogP contribution in [0.5, 0.6) is 0 Å². The molecule has 2 heteroatoms. The van der Waals surface area contributed by atoms with Gasteiger partial charge in [0.05, 0.1) is 12.2 Å². The largest absolute Gasteiger partial charge is 0.234 e. The molecular weight excluding hydrogens is 188 g/mol. The Hall–Kier alpha value is -0.0800. The van der Waals surface area contributed by atoms with Gasteiger partial charge >= 0.3 is 0 Å². The van der Waals surface area contributed by atoms with Crippen molar-refractivity contribution in [2.45, 2.75) is 79.4 Å². The molecule has 0 saturated heterocycles. The Balaban J connectivity index is 3.96. The summed E-state index contributed by atoms with van der Waals surface area (Å²) in [4.78, 5) is 10.8. The van der Waals surface area contributed by atoms with Gasteiger partial charge in [0.25, 0.3) is 0 Å². The van der Waals surface area contributed by atoms with Crippen LogP contribution in [0.25, 0.3) is 0 Å². The minimum Gasteiger partial charge on any atom is -0.234 e. The Bertz CT molecular complexity index is 147. The molecule has 0 bridgehead atoms. The summed E-state index contributed by atoms with van der Waals surface area (Å²) in [7, 11) is 0. The molecule has 0 rings (SSSR count). The van der Waals surface area contributed by atoms with Crippen molar-refractivity contribution in [3.05, 3.63) is 0 Å². The zero-order chi connectivity index (χ0) is 11.9. The van der Waals surface area contributed by atoms with E-state index in [1.807, 2.05) is 13.8 Å². The van der Waals surface area contributed by atoms with Gasteiger partial charge in [-0.3, -0.25) is 0 Å². The predicted molar refractivity (Wildman–Crippen MR) is 64.7 cm³/mol. The van der Waals surface area contributed by atoms with Crippen molar-refractivity contribution in [3.8, 4) is 0 Å². The summed E-state index contributed by atoms with van der Waals surface area (Å²) < 4.78 is 0. The zero-order valence-electron chi connectivity index (χ0n) is 11.3. The molecule has 0 aliphatic rings. The molecule has 1 atom stereocenters. The van der Waals surface area contributed by atoms with Crippen molar-refractivity contribution >= 4 is 0 Å². The van der Waals surface area contributed by atoms with Crippen molar-refractivity contribution in [1.82, 2.24) is 0 Å². The van der Waals surface area contributed by atoms with Crippen molar-refractivity contribution in [3.63, 3.8) is 0 Å². The highest BCUT2D eigenvalue weighted by atomic mass is 17.2. The molecule has 0 N–H and O–H groups in total. The smallest absolute Gasteiger partial charge is 0.0978 e. The van der Waals surface area contributed by atoms with Gasteiger partial charge in [-0.05, 0) is 25.7 Å². The third-order valence-corrected chi connectivity index (χ3v) is 2.40. The molecule has 15 heavy (non-hydrogen) atoms. The molecule has 0 aliphatic carbocycles. The number of hydrogen-bond acceptors (Lipinski definition) is 2. The minimum atomic E-state index is 0.140. The number of rotatable bonds is 7. The Kier molecular flexibility index (Phi) is 7.20. The highest BCUT2D eigenvalue weighted by Gasteiger charge is 2.26. The van der Waals surface area contributed by atoms with Crippen LogP contribution in [0.3, 0.4) is 0 Å². The SMILES string of the molecule is CCCCCC(OOC(C)C)C(C)(C)C. The molecule has 0 saturated carbocycles. The van der Waals surface area contributed by atoms with Crippen LogP contribution in [0.15, 0.2) is 0 Å². The van der Waals surface area contributed by atoms with E-state index in [4.69, 9.17) is 9.78 Å². The lowest BCUT2D eigenvalue weighted by molar-refractivity contribution is -0.360. The molecule has 1 unspecified atom stereocenters. The van der Waals surface area contributed by atoms with E-state index >= 15 is 0 Å². The summed E-state index contributed by atoms with van der Waals surface area (Å²) in [5.41, 5.74) is 0.155. The second kappa shape index (κ2) is 7.24. The summed E-state index contributed by atoms with van der Waals surface area (Å²) >= 11 is 0. The van der Waals surface area contributed by atoms with Crippen LogP contribution in [0.4, 0.5) is 0 Å². The second-order valence-electron chi connectivity index (χ2n) is 5.59. The summed E-state index contributed by atoms with van der Waals surface area (Å²) in [6.07, 6.45) is 5.18. The van der Waals surface area contributed by atoms with Crippen molar-refractivity contribution in [2.24, 2.45) is 5.41 Å². The molecule has 0 aliphatic heterocycles. The van der Waals surface area contributed by atoms with Gasteiger partial charge in [0.2, 0.25) is 0 Å². The maximum atomic E-state index is 5.51. The van der Waals surface area contributed by atoms with Gasteiger partial charge in [-0.25, -0.2) is 9.78 Å². The zero-order valence-corrected chi connectivity index (χ0v) is 11.3. The van der Waals surface area contributed by atoms with Gasteiger partial charge in [0.15, 0.2) is 0 Å². The van der Waals surface area contributed by atoms with Gasteiger partial charge in [0, 0.05) is 0 Å². The topological polar surface area (TPSA) is 18.5 Å². The van der Waals surface area contributed by atoms with Gasteiger partial charge in [-0.2, -0.15) is 0 Å². The fourth-order valence-corrected chi connectivity index (χ4v) is 1.38. The van der Waals surface area contributed by atoms with E-state index in [2.05, 4.69) is 27.7 Å². The maximum Gasteiger partial charge on any atom is 0.0978 e. The van der Waals surface area contributed by atoms with E-state index < -0.39 is 0 Å². The van der Waals surface area contributed by atoms with E-state index in [9.17, 15) is 0 Å². The molecule has 0 aromatic heterocycles. The highest BCUT2D eigenvalue weighted by Crippen LogP contribution is 2.27. The first-order valence-electron chi connectivity index (χ1n) is 6.20. The van der Waals surface area contributed by atoms with Gasteiger partial charge in [-0.1, -0.05) is 47.0 Å². The first-order valence-corrected chi connectivity index (χ1v) is 6.20. The van der Waals surface area contributed by atoms with Crippen LogP contribution >= 0.6 is 0 Å². The molecule has 0 aromatic carbocycles. The molecule has 2 nitrogen and oxygen atoms in total. The van der Waals surface area contributed by atoms with Crippen LogP contribution in [-0.4, -0.2) is 12.2 Å². The molecule has 92 valence electrons. The average Bonchev–Trinajstić information content (AvgIpc) is 2.08. The van der Waals surface area contributed by atoms with Gasteiger partial charge < -0.3 is 0 Å². The predicted octanol–water partition coefficient (Wildman–Crippen LogP) is 4.34. The van der Waals surface area contributed by atoms with Crippen molar-refractivity contribution in [2.75, 3.05) is 0 Å². The third kappa shape index (κ3) is 7.80. The van der Waals surface area contributed by atoms with Crippen molar-refractivity contribution < 1.29 is 9.78 Å². The van der Waals surface area contributed by atoms with E-state index in [-0.39, 0.29) is 17.6 Å². The molecule has 0 spiro atoms. The summed E-state index contributed by atoms with van der Waals surface area (Å²) in [6, 6.07) is 0. The van der Waals surface area contributed by atoms with Crippen LogP contribution in [0, 0.1) is 5.41 Å². The lowest BCUT2D eigenvalue weighted by Gasteiger charge is -2.30. The lowest BCUT2D eigenvalue weighted by atomic mass is 9.86. The van der Waals surface area contributed by atoms with Crippen LogP contribution < -0.4 is 0 Å². The summed E-state index contributed by atoms with van der Waals surface area (Å²) in [6.45, 7) is 12.8. The van der Waals surface area contributed by atoms with E-state index in [1.165, 1.54) is 19.3 Å². The lowest BCUT2D eigenvalue weighted by Crippen LogP contribution is -2.30. The van der Waals surface area contributed by atoms with Gasteiger partial charge in [0.1, 0.15) is 0 Å². The molecule has 0 radical (unpaired) electrons. The normalized spacial score (nSPS) is 14.6. The van der Waals surface area contributed by atoms with Crippen LogP contribution in [-0.2, 0) is 9.78 Å². The monoisotopic (exact) mass is 216 g/mol. The van der Waals surface area contributed by atoms with E-state index in [0.29, 0.717) is 0 Å². The molecular formula is C13H28O2. The highest BCUT2D eigenvalue weighted by molar-refractivity contribution is 4.73. The number of hydrogen-bond donors (Lipinski definition) is 0. The Labute approximate surface area is 95.3 Å². The fraction of sp³-hybridized carbons (Fsp3) is 1.00. The van der Waals surface area contributed by atoms with Crippen molar-refractivity contribution in [1.29, 1.82) is 0 Å². The Morgan fingerprint density at radius 3 is 2.00 bits per heavy atom. The minimum absolute atomic E-state index is 0.140. The van der Waals surface area contributed by atoms with Gasteiger partial charge in [-0.15, -0.1) is 0 Å². The standard InChI is InChI=1S/C13H28O2/c1-7-8-9-10-12(13(4,5)6)15-14-11(2)3/h11-12H,7-10H2,1-6H3. The number of unbranched alkanes of at least 4 members (excludes halogenated alkanes) is 2. The fourth-order valence-electron chi connectivity index (χ4n) is 1.38. The van der Waals surface area contributed by atoms with E-state index in [1.54, 1.807) is 0 Å². The first-order chi connectivity index (χ1) is 6.88. The van der Waals surface area contributed by atoms with Crippen LogP contribution in [0.1, 0.15) is 67.2 Å². The Morgan fingerprint density at radius 1 is 1.00 bits per heavy atom. The van der Waals surface area contributed by atoms with Crippen LogP contribution in [0.2, 0.25) is 0 Å². The third-order valence-electron chi connectivity index (χ3n) is 2.40. The van der Waals surface area contributed by atoms with E-state index in [0.717, 1.165) is 6.42 Å². The molecule has 0 amide bonds. The second-order valence-corrected chi connectivity index (χ2v) is 5.59. The first kappa shape index (κ1) is 14.9. The Morgan fingerprint density at radius 2 is 1.60 bits per heavy atom. The molecule has 0 heterocycles. The molecule has 0 fully saturated rings. The summed E-state index contributed by atoms with van der Waals surface area (Å²) in [5.74, 6) is 0. The molecule has 0 aromatic rings. The average molecular weight is 216 g/mol. The quantitative estimate of drug-likeness (QED) is 0.358. The summed E-state index contributed by atoms with van der Waals surface area (Å²) in [5, 5.41) is 0.